The third-order valence-electron chi connectivity index (χ3n) is 3.74. The summed E-state index contributed by atoms with van der Waals surface area (Å²) in [6.07, 6.45) is 0. The lowest BCUT2D eigenvalue weighted by Gasteiger charge is -2.21. The second kappa shape index (κ2) is 5.63. The van der Waals surface area contributed by atoms with Gasteiger partial charge in [-0.15, -0.1) is 0 Å². The van der Waals surface area contributed by atoms with Gasteiger partial charge < -0.3 is 14.6 Å². The Balaban J connectivity index is 2.34. The van der Waals surface area contributed by atoms with Crippen molar-refractivity contribution in [1.29, 1.82) is 0 Å². The van der Waals surface area contributed by atoms with E-state index in [1.165, 1.54) is 0 Å². The molecule has 0 aliphatic rings. The molecule has 0 saturated carbocycles. The van der Waals surface area contributed by atoms with Gasteiger partial charge in [-0.3, -0.25) is 0 Å². The van der Waals surface area contributed by atoms with E-state index in [1.807, 2.05) is 6.92 Å². The smallest absolute Gasteiger partial charge is 0.335 e. The summed E-state index contributed by atoms with van der Waals surface area (Å²) in [6, 6.07) is 5.56. The molecule has 2 aromatic rings. The molecule has 108 valence electrons. The van der Waals surface area contributed by atoms with Crippen molar-refractivity contribution >= 4 is 17.0 Å². The molecule has 1 aromatic carbocycles. The predicted molar refractivity (Wildman–Crippen MR) is 79.2 cm³/mol. The average Bonchev–Trinajstić information content (AvgIpc) is 2.70. The number of aryl methyl sites for hydroxylation is 1. The fourth-order valence-corrected chi connectivity index (χ4v) is 2.17. The highest BCUT2D eigenvalue weighted by atomic mass is 16.4. The van der Waals surface area contributed by atoms with Crippen LogP contribution in [0.25, 0.3) is 11.0 Å². The van der Waals surface area contributed by atoms with E-state index in [-0.39, 0.29) is 0 Å². The molecule has 0 bridgehead atoms. The van der Waals surface area contributed by atoms with Crippen molar-refractivity contribution in [2.75, 3.05) is 13.6 Å². The molecule has 0 radical (unpaired) electrons. The number of hydrogen-bond acceptors (Lipinski definition) is 3. The van der Waals surface area contributed by atoms with Crippen molar-refractivity contribution in [3.05, 3.63) is 29.6 Å². The number of aromatic carboxylic acids is 1. The highest BCUT2D eigenvalue weighted by Crippen LogP contribution is 2.18. The van der Waals surface area contributed by atoms with Crippen molar-refractivity contribution in [2.24, 2.45) is 0 Å². The van der Waals surface area contributed by atoms with Crippen LogP contribution in [0, 0.1) is 6.92 Å². The van der Waals surface area contributed by atoms with Gasteiger partial charge >= 0.3 is 5.97 Å². The Morgan fingerprint density at radius 1 is 1.45 bits per heavy atom. The molecule has 0 aliphatic carbocycles. The van der Waals surface area contributed by atoms with E-state index in [4.69, 9.17) is 5.11 Å². The Kier molecular flexibility index (Phi) is 4.09. The van der Waals surface area contributed by atoms with Crippen molar-refractivity contribution in [2.45, 2.75) is 33.4 Å². The van der Waals surface area contributed by atoms with Crippen LogP contribution in [0.4, 0.5) is 0 Å². The van der Waals surface area contributed by atoms with Gasteiger partial charge in [0.2, 0.25) is 0 Å². The van der Waals surface area contributed by atoms with E-state index < -0.39 is 5.97 Å². The van der Waals surface area contributed by atoms with Crippen LogP contribution in [0.3, 0.4) is 0 Å². The Bertz CT molecular complexity index is 631. The Labute approximate surface area is 118 Å². The Morgan fingerprint density at radius 3 is 2.75 bits per heavy atom. The Hall–Kier alpha value is -1.88. The largest absolute Gasteiger partial charge is 0.478 e. The first-order valence-electron chi connectivity index (χ1n) is 6.80. The first-order chi connectivity index (χ1) is 9.40. The van der Waals surface area contributed by atoms with Gasteiger partial charge in [-0.05, 0) is 46.0 Å². The molecule has 0 amide bonds. The van der Waals surface area contributed by atoms with Gasteiger partial charge in [0.05, 0.1) is 16.6 Å². The third-order valence-corrected chi connectivity index (χ3v) is 3.74. The highest BCUT2D eigenvalue weighted by Gasteiger charge is 2.12. The molecule has 20 heavy (non-hydrogen) atoms. The molecule has 0 saturated heterocycles. The number of carboxylic acids is 1. The lowest BCUT2D eigenvalue weighted by atomic mass is 10.2. The van der Waals surface area contributed by atoms with E-state index >= 15 is 0 Å². The van der Waals surface area contributed by atoms with Gasteiger partial charge in [-0.25, -0.2) is 9.78 Å². The van der Waals surface area contributed by atoms with Gasteiger partial charge in [0.15, 0.2) is 0 Å². The molecule has 1 aromatic heterocycles. The number of imidazole rings is 1. The molecule has 5 nitrogen and oxygen atoms in total. The van der Waals surface area contributed by atoms with Crippen LogP contribution >= 0.6 is 0 Å². The fourth-order valence-electron chi connectivity index (χ4n) is 2.17. The maximum atomic E-state index is 11.1. The van der Waals surface area contributed by atoms with Crippen LogP contribution in [0.2, 0.25) is 0 Å². The van der Waals surface area contributed by atoms with Crippen LogP contribution in [0.15, 0.2) is 18.2 Å². The molecule has 0 fully saturated rings. The number of fused-ring (bicyclic) bond motifs is 1. The zero-order chi connectivity index (χ0) is 14.9. The van der Waals surface area contributed by atoms with Crippen molar-refractivity contribution in [3.63, 3.8) is 0 Å². The lowest BCUT2D eigenvalue weighted by molar-refractivity contribution is 0.0697. The Morgan fingerprint density at radius 2 is 2.15 bits per heavy atom. The van der Waals surface area contributed by atoms with E-state index in [2.05, 4.69) is 35.3 Å². The summed E-state index contributed by atoms with van der Waals surface area (Å²) in [4.78, 5) is 17.8. The van der Waals surface area contributed by atoms with Gasteiger partial charge in [-0.2, -0.15) is 0 Å². The maximum Gasteiger partial charge on any atom is 0.335 e. The highest BCUT2D eigenvalue weighted by molar-refractivity contribution is 5.92. The average molecular weight is 275 g/mol. The SMILES string of the molecule is Cc1nc2ccc(C(=O)O)cc2n1CCN(C)C(C)C. The number of benzene rings is 1. The number of likely N-dealkylation sites (N-methyl/N-ethyl adjacent to an activating group) is 1. The molecule has 0 aliphatic heterocycles. The summed E-state index contributed by atoms with van der Waals surface area (Å²) in [7, 11) is 2.09. The number of hydrogen-bond donors (Lipinski definition) is 1. The van der Waals surface area contributed by atoms with Crippen molar-refractivity contribution in [1.82, 2.24) is 14.5 Å². The number of rotatable bonds is 5. The molecule has 1 N–H and O–H groups in total. The summed E-state index contributed by atoms with van der Waals surface area (Å²) in [6.45, 7) is 7.97. The van der Waals surface area contributed by atoms with Crippen molar-refractivity contribution < 1.29 is 9.90 Å². The van der Waals surface area contributed by atoms with Crippen LogP contribution in [-0.2, 0) is 6.54 Å². The number of carboxylic acid groups (broad SMARTS) is 1. The van der Waals surface area contributed by atoms with Gasteiger partial charge in [-0.1, -0.05) is 0 Å². The van der Waals surface area contributed by atoms with Crippen LogP contribution in [0.5, 0.6) is 0 Å². The monoisotopic (exact) mass is 275 g/mol. The zero-order valence-corrected chi connectivity index (χ0v) is 12.4. The minimum absolute atomic E-state index is 0.302. The van der Waals surface area contributed by atoms with Crippen LogP contribution < -0.4 is 0 Å². The van der Waals surface area contributed by atoms with E-state index in [1.54, 1.807) is 18.2 Å². The summed E-state index contributed by atoms with van der Waals surface area (Å²) in [5.41, 5.74) is 2.04. The number of aromatic nitrogens is 2. The molecule has 0 unspecified atom stereocenters. The second-order valence-corrected chi connectivity index (χ2v) is 5.39. The van der Waals surface area contributed by atoms with Crippen LogP contribution in [-0.4, -0.2) is 45.2 Å². The first kappa shape index (κ1) is 14.5. The molecule has 2 rings (SSSR count). The predicted octanol–water partition coefficient (Wildman–Crippen LogP) is 2.38. The van der Waals surface area contributed by atoms with Gasteiger partial charge in [0.25, 0.3) is 0 Å². The summed E-state index contributed by atoms with van der Waals surface area (Å²) < 4.78 is 2.08. The first-order valence-corrected chi connectivity index (χ1v) is 6.80. The molecular weight excluding hydrogens is 254 g/mol. The summed E-state index contributed by atoms with van der Waals surface area (Å²) in [5.74, 6) is 0.0105. The molecule has 0 atom stereocenters. The lowest BCUT2D eigenvalue weighted by Crippen LogP contribution is -2.29. The molecular formula is C15H21N3O2. The second-order valence-electron chi connectivity index (χ2n) is 5.39. The summed E-state index contributed by atoms with van der Waals surface area (Å²) in [5, 5.41) is 9.09. The van der Waals surface area contributed by atoms with Gasteiger partial charge in [0, 0.05) is 19.1 Å². The number of nitrogens with zero attached hydrogens (tertiary/aromatic N) is 3. The minimum Gasteiger partial charge on any atom is -0.478 e. The topological polar surface area (TPSA) is 58.4 Å². The van der Waals surface area contributed by atoms with Crippen LogP contribution in [0.1, 0.15) is 30.0 Å². The van der Waals surface area contributed by atoms with Gasteiger partial charge in [0.1, 0.15) is 5.82 Å². The molecule has 0 spiro atoms. The van der Waals surface area contributed by atoms with E-state index in [9.17, 15) is 4.79 Å². The fraction of sp³-hybridized carbons (Fsp3) is 0.467. The maximum absolute atomic E-state index is 11.1. The standard InChI is InChI=1S/C15H21N3O2/c1-10(2)17(4)7-8-18-11(3)16-13-6-5-12(15(19)20)9-14(13)18/h5-6,9-10H,7-8H2,1-4H3,(H,19,20). The number of carbonyl (C=O) groups is 1. The third kappa shape index (κ3) is 2.82. The van der Waals surface area contributed by atoms with E-state index in [0.29, 0.717) is 11.6 Å². The molecule has 1 heterocycles. The van der Waals surface area contributed by atoms with E-state index in [0.717, 1.165) is 29.9 Å². The van der Waals surface area contributed by atoms with Crippen molar-refractivity contribution in [3.8, 4) is 0 Å². The molecule has 5 heteroatoms. The quantitative estimate of drug-likeness (QED) is 0.910. The zero-order valence-electron chi connectivity index (χ0n) is 12.4. The minimum atomic E-state index is -0.906. The normalized spacial score (nSPS) is 11.7. The summed E-state index contributed by atoms with van der Waals surface area (Å²) >= 11 is 0.